The number of benzene rings is 1. The van der Waals surface area contributed by atoms with Crippen molar-refractivity contribution < 1.29 is 0 Å². The Hall–Kier alpha value is -0.660. The first kappa shape index (κ1) is 7.01. The predicted octanol–water partition coefficient (Wildman–Crippen LogP) is 3.27. The summed E-state index contributed by atoms with van der Waals surface area (Å²) >= 11 is 11.6. The van der Waals surface area contributed by atoms with Gasteiger partial charge in [-0.25, -0.2) is 0 Å². The molecule has 0 unspecified atom stereocenters. The van der Waals surface area contributed by atoms with Gasteiger partial charge in [-0.15, -0.1) is 0 Å². The van der Waals surface area contributed by atoms with Crippen LogP contribution >= 0.6 is 23.2 Å². The number of fused-ring (bicyclic) bond motifs is 1. The number of halogens is 2. The highest BCUT2D eigenvalue weighted by atomic mass is 35.5. The molecule has 0 atom stereocenters. The molecule has 1 aromatic carbocycles. The molecule has 55 valence electrons. The van der Waals surface area contributed by atoms with E-state index < -0.39 is 0 Å². The average molecular weight is 185 g/mol. The minimum Gasteiger partial charge on any atom is -0.352 e. The van der Waals surface area contributed by atoms with Gasteiger partial charge in [-0.05, 0) is 18.2 Å². The number of nitrogens with one attached hydrogen (secondary N) is 1. The summed E-state index contributed by atoms with van der Waals surface area (Å²) in [7, 11) is 0. The third-order valence-corrected chi connectivity index (χ3v) is 2.06. The van der Waals surface area contributed by atoms with Gasteiger partial charge >= 0.3 is 0 Å². The first-order valence-corrected chi connectivity index (χ1v) is 3.87. The molecule has 0 spiro atoms. The van der Waals surface area contributed by atoms with Crippen molar-refractivity contribution in [3.63, 3.8) is 0 Å². The van der Waals surface area contributed by atoms with E-state index in [1.807, 2.05) is 18.2 Å². The molecule has 1 N–H and O–H groups in total. The Balaban J connectivity index is 2.87. The first-order chi connectivity index (χ1) is 5.27. The zero-order valence-corrected chi connectivity index (χ0v) is 7.00. The average Bonchev–Trinajstić information content (AvgIpc) is 2.33. The van der Waals surface area contributed by atoms with Gasteiger partial charge in [0.05, 0.1) is 11.2 Å². The van der Waals surface area contributed by atoms with Crippen LogP contribution in [0, 0.1) is 6.20 Å². The fourth-order valence-corrected chi connectivity index (χ4v) is 1.37. The number of hydrogen-bond donors (Lipinski definition) is 1. The molecule has 0 amide bonds. The molecular formula is C8H4Cl2N. The molecule has 1 nitrogen and oxygen atoms in total. The SMILES string of the molecule is Clc1ccc2[nH][c]c(Cl)c2c1. The molecule has 0 saturated carbocycles. The fraction of sp³-hybridized carbons (Fsp3) is 0. The third-order valence-electron chi connectivity index (χ3n) is 1.52. The second kappa shape index (κ2) is 2.43. The minimum absolute atomic E-state index is 0.586. The molecule has 0 bridgehead atoms. The lowest BCUT2D eigenvalue weighted by Gasteiger charge is -1.90. The Bertz CT molecular complexity index is 392. The Morgan fingerprint density at radius 2 is 2.09 bits per heavy atom. The topological polar surface area (TPSA) is 15.8 Å². The molecule has 0 saturated heterocycles. The van der Waals surface area contributed by atoms with Crippen molar-refractivity contribution in [2.24, 2.45) is 0 Å². The van der Waals surface area contributed by atoms with Crippen LogP contribution in [0.1, 0.15) is 0 Å². The van der Waals surface area contributed by atoms with Crippen LogP contribution in [-0.4, -0.2) is 4.98 Å². The molecule has 1 radical (unpaired) electrons. The number of rotatable bonds is 0. The van der Waals surface area contributed by atoms with Crippen LogP contribution in [0.4, 0.5) is 0 Å². The molecule has 2 rings (SSSR count). The van der Waals surface area contributed by atoms with E-state index in [0.717, 1.165) is 10.9 Å². The van der Waals surface area contributed by atoms with Crippen LogP contribution in [0.3, 0.4) is 0 Å². The van der Waals surface area contributed by atoms with Gasteiger partial charge in [-0.3, -0.25) is 0 Å². The Morgan fingerprint density at radius 1 is 1.27 bits per heavy atom. The summed E-state index contributed by atoms with van der Waals surface area (Å²) in [4.78, 5) is 2.90. The first-order valence-electron chi connectivity index (χ1n) is 3.12. The summed E-state index contributed by atoms with van der Waals surface area (Å²) in [6, 6.07) is 5.50. The zero-order valence-electron chi connectivity index (χ0n) is 5.49. The molecule has 0 aliphatic rings. The monoisotopic (exact) mass is 184 g/mol. The number of H-pyrrole nitrogens is 1. The van der Waals surface area contributed by atoms with Crippen LogP contribution in [0.5, 0.6) is 0 Å². The lowest BCUT2D eigenvalue weighted by atomic mass is 10.2. The molecule has 2 aromatic rings. The van der Waals surface area contributed by atoms with Crippen molar-refractivity contribution in [1.82, 2.24) is 4.98 Å². The highest BCUT2D eigenvalue weighted by Crippen LogP contribution is 2.24. The van der Waals surface area contributed by atoms with Gasteiger partial charge < -0.3 is 4.98 Å². The largest absolute Gasteiger partial charge is 0.352 e. The van der Waals surface area contributed by atoms with Crippen molar-refractivity contribution >= 4 is 34.1 Å². The normalized spacial score (nSPS) is 10.7. The molecular weight excluding hydrogens is 181 g/mol. The Kier molecular flexibility index (Phi) is 1.55. The highest BCUT2D eigenvalue weighted by molar-refractivity contribution is 6.36. The van der Waals surface area contributed by atoms with Crippen LogP contribution < -0.4 is 0 Å². The summed E-state index contributed by atoms with van der Waals surface area (Å²) in [5.41, 5.74) is 0.958. The molecule has 11 heavy (non-hydrogen) atoms. The van der Waals surface area contributed by atoms with Crippen molar-refractivity contribution in [3.8, 4) is 0 Å². The van der Waals surface area contributed by atoms with Gasteiger partial charge in [0, 0.05) is 15.9 Å². The molecule has 0 fully saturated rings. The van der Waals surface area contributed by atoms with E-state index in [1.54, 1.807) is 0 Å². The van der Waals surface area contributed by atoms with Crippen LogP contribution in [0.25, 0.3) is 10.9 Å². The summed E-state index contributed by atoms with van der Waals surface area (Å²) in [6.45, 7) is 0. The van der Waals surface area contributed by atoms with Gasteiger partial charge in [-0.1, -0.05) is 23.2 Å². The highest BCUT2D eigenvalue weighted by Gasteiger charge is 2.00. The van der Waals surface area contributed by atoms with Crippen LogP contribution in [0.15, 0.2) is 18.2 Å². The number of aromatic amines is 1. The lowest BCUT2D eigenvalue weighted by molar-refractivity contribution is 1.46. The fourth-order valence-electron chi connectivity index (χ4n) is 0.997. The second-order valence-corrected chi connectivity index (χ2v) is 3.07. The summed E-state index contributed by atoms with van der Waals surface area (Å²) in [5, 5.41) is 2.19. The van der Waals surface area contributed by atoms with Gasteiger partial charge in [0.1, 0.15) is 0 Å². The quantitative estimate of drug-likeness (QED) is 0.648. The minimum atomic E-state index is 0.586. The van der Waals surface area contributed by atoms with Gasteiger partial charge in [-0.2, -0.15) is 0 Å². The van der Waals surface area contributed by atoms with E-state index in [-0.39, 0.29) is 0 Å². The number of hydrogen-bond acceptors (Lipinski definition) is 0. The van der Waals surface area contributed by atoms with Gasteiger partial charge in [0.25, 0.3) is 0 Å². The summed E-state index contributed by atoms with van der Waals surface area (Å²) in [6.07, 6.45) is 2.79. The summed E-state index contributed by atoms with van der Waals surface area (Å²) < 4.78 is 0. The summed E-state index contributed by atoms with van der Waals surface area (Å²) in [5.74, 6) is 0. The van der Waals surface area contributed by atoms with E-state index in [9.17, 15) is 0 Å². The van der Waals surface area contributed by atoms with Crippen LogP contribution in [-0.2, 0) is 0 Å². The smallest absolute Gasteiger partial charge is 0.0835 e. The van der Waals surface area contributed by atoms with Crippen molar-refractivity contribution in [2.45, 2.75) is 0 Å². The van der Waals surface area contributed by atoms with E-state index in [2.05, 4.69) is 11.2 Å². The van der Waals surface area contributed by atoms with Crippen molar-refractivity contribution in [2.75, 3.05) is 0 Å². The molecule has 0 aliphatic carbocycles. The standard InChI is InChI=1S/C8H4Cl2N/c9-5-1-2-8-6(3-5)7(10)4-11-8/h1-3,11H. The zero-order chi connectivity index (χ0) is 7.84. The Morgan fingerprint density at radius 3 is 2.91 bits per heavy atom. The van der Waals surface area contributed by atoms with E-state index in [0.29, 0.717) is 10.0 Å². The van der Waals surface area contributed by atoms with E-state index in [4.69, 9.17) is 23.2 Å². The van der Waals surface area contributed by atoms with E-state index in [1.165, 1.54) is 0 Å². The molecule has 0 aliphatic heterocycles. The van der Waals surface area contributed by atoms with Gasteiger partial charge in [0.2, 0.25) is 0 Å². The van der Waals surface area contributed by atoms with Crippen LogP contribution in [0.2, 0.25) is 10.0 Å². The van der Waals surface area contributed by atoms with Crippen molar-refractivity contribution in [3.05, 3.63) is 34.4 Å². The second-order valence-electron chi connectivity index (χ2n) is 2.25. The third kappa shape index (κ3) is 1.10. The molecule has 3 heteroatoms. The number of aromatic nitrogens is 1. The van der Waals surface area contributed by atoms with Gasteiger partial charge in [0.15, 0.2) is 0 Å². The van der Waals surface area contributed by atoms with Crippen molar-refractivity contribution in [1.29, 1.82) is 0 Å². The maximum Gasteiger partial charge on any atom is 0.0835 e. The maximum absolute atomic E-state index is 5.80. The lowest BCUT2D eigenvalue weighted by Crippen LogP contribution is -1.66. The molecule has 1 heterocycles. The maximum atomic E-state index is 5.80. The van der Waals surface area contributed by atoms with E-state index >= 15 is 0 Å². The molecule has 1 aromatic heterocycles. The Labute approximate surface area is 73.9 Å². The predicted molar refractivity (Wildman–Crippen MR) is 47.2 cm³/mol.